The van der Waals surface area contributed by atoms with E-state index in [4.69, 9.17) is 4.74 Å². The number of benzene rings is 1. The number of aromatic amines is 1. The monoisotopic (exact) mass is 286 g/mol. The zero-order chi connectivity index (χ0) is 14.4. The van der Waals surface area contributed by atoms with Crippen LogP contribution in [0.4, 0.5) is 0 Å². The standard InChI is InChI=1S/C17H22N2O2/c1-21-12-4-5-13-14-6-8-19-7-2-3-11(10-20)17(19)16(14)18-15(13)9-12/h4-5,9,11,17-18,20H,2-3,6-8,10H2,1H3/t11-,17-/m0/s1. The Morgan fingerprint density at radius 3 is 3.10 bits per heavy atom. The van der Waals surface area contributed by atoms with Crippen LogP contribution in [-0.4, -0.2) is 41.8 Å². The van der Waals surface area contributed by atoms with Gasteiger partial charge in [-0.3, -0.25) is 4.90 Å². The fourth-order valence-electron chi connectivity index (χ4n) is 4.17. The zero-order valence-corrected chi connectivity index (χ0v) is 12.4. The van der Waals surface area contributed by atoms with Crippen molar-refractivity contribution in [3.8, 4) is 5.75 Å². The first-order valence-electron chi connectivity index (χ1n) is 7.85. The number of piperidine rings is 1. The molecule has 0 unspecified atom stereocenters. The minimum Gasteiger partial charge on any atom is -0.497 e. The number of nitrogens with zero attached hydrogens (tertiary/aromatic N) is 1. The number of nitrogens with one attached hydrogen (secondary N) is 1. The summed E-state index contributed by atoms with van der Waals surface area (Å²) in [4.78, 5) is 6.16. The molecule has 0 saturated carbocycles. The molecule has 1 saturated heterocycles. The maximum Gasteiger partial charge on any atom is 0.120 e. The quantitative estimate of drug-likeness (QED) is 0.891. The molecular formula is C17H22N2O2. The number of fused-ring (bicyclic) bond motifs is 5. The first-order chi connectivity index (χ1) is 10.3. The fourth-order valence-corrected chi connectivity index (χ4v) is 4.17. The maximum absolute atomic E-state index is 9.75. The largest absolute Gasteiger partial charge is 0.497 e. The lowest BCUT2D eigenvalue weighted by atomic mass is 9.83. The van der Waals surface area contributed by atoms with Crippen LogP contribution in [0, 0.1) is 5.92 Å². The van der Waals surface area contributed by atoms with Crippen molar-refractivity contribution in [1.82, 2.24) is 9.88 Å². The van der Waals surface area contributed by atoms with Gasteiger partial charge in [-0.1, -0.05) is 0 Å². The SMILES string of the molecule is COc1ccc2c3c([nH]c2c1)[C@@H]1[C@H](CO)CCCN1CC3. The van der Waals surface area contributed by atoms with Crippen molar-refractivity contribution < 1.29 is 9.84 Å². The third-order valence-electron chi connectivity index (χ3n) is 5.19. The van der Waals surface area contributed by atoms with Gasteiger partial charge in [0.1, 0.15) is 5.75 Å². The second-order valence-electron chi connectivity index (χ2n) is 6.24. The van der Waals surface area contributed by atoms with E-state index in [0.717, 1.165) is 37.2 Å². The molecule has 0 aliphatic carbocycles. The summed E-state index contributed by atoms with van der Waals surface area (Å²) < 4.78 is 5.33. The van der Waals surface area contributed by atoms with Gasteiger partial charge in [0.2, 0.25) is 0 Å². The third kappa shape index (κ3) is 1.97. The molecule has 2 aromatic rings. The predicted molar refractivity (Wildman–Crippen MR) is 82.7 cm³/mol. The van der Waals surface area contributed by atoms with E-state index in [9.17, 15) is 5.11 Å². The Labute approximate surface area is 124 Å². The molecule has 2 N–H and O–H groups in total. The van der Waals surface area contributed by atoms with Gasteiger partial charge in [-0.05, 0) is 43.5 Å². The minimum atomic E-state index is 0.277. The predicted octanol–water partition coefficient (Wildman–Crippen LogP) is 2.48. The van der Waals surface area contributed by atoms with E-state index < -0.39 is 0 Å². The Bertz CT molecular complexity index is 664. The molecule has 3 heterocycles. The highest BCUT2D eigenvalue weighted by Gasteiger charge is 2.37. The highest BCUT2D eigenvalue weighted by Crippen LogP contribution is 2.42. The molecule has 2 aliphatic rings. The second kappa shape index (κ2) is 5.04. The van der Waals surface area contributed by atoms with Crippen molar-refractivity contribution in [2.75, 3.05) is 26.8 Å². The first kappa shape index (κ1) is 13.2. The van der Waals surface area contributed by atoms with E-state index in [2.05, 4.69) is 22.0 Å². The Kier molecular flexibility index (Phi) is 3.16. The zero-order valence-electron chi connectivity index (χ0n) is 12.4. The topological polar surface area (TPSA) is 48.5 Å². The number of hydrogen-bond donors (Lipinski definition) is 2. The molecule has 0 bridgehead atoms. The van der Waals surface area contributed by atoms with Gasteiger partial charge in [-0.15, -0.1) is 0 Å². The van der Waals surface area contributed by atoms with E-state index in [0.29, 0.717) is 12.0 Å². The van der Waals surface area contributed by atoms with Gasteiger partial charge in [0.25, 0.3) is 0 Å². The van der Waals surface area contributed by atoms with Crippen LogP contribution in [0.2, 0.25) is 0 Å². The highest BCUT2D eigenvalue weighted by atomic mass is 16.5. The van der Waals surface area contributed by atoms with Crippen LogP contribution in [0.1, 0.15) is 30.1 Å². The molecule has 112 valence electrons. The number of hydrogen-bond acceptors (Lipinski definition) is 3. The van der Waals surface area contributed by atoms with Gasteiger partial charge in [-0.2, -0.15) is 0 Å². The number of methoxy groups -OCH3 is 1. The lowest BCUT2D eigenvalue weighted by molar-refractivity contribution is 0.0465. The van der Waals surface area contributed by atoms with Gasteiger partial charge in [0.05, 0.1) is 13.2 Å². The van der Waals surface area contributed by atoms with Gasteiger partial charge < -0.3 is 14.8 Å². The van der Waals surface area contributed by atoms with Crippen molar-refractivity contribution in [2.45, 2.75) is 25.3 Å². The fraction of sp³-hybridized carbons (Fsp3) is 0.529. The van der Waals surface area contributed by atoms with Crippen LogP contribution >= 0.6 is 0 Å². The molecule has 0 spiro atoms. The van der Waals surface area contributed by atoms with E-state index in [1.54, 1.807) is 7.11 Å². The third-order valence-corrected chi connectivity index (χ3v) is 5.19. The average Bonchev–Trinajstić information content (AvgIpc) is 2.91. The number of rotatable bonds is 2. The normalized spacial score (nSPS) is 25.6. The molecule has 0 radical (unpaired) electrons. The van der Waals surface area contributed by atoms with Crippen LogP contribution in [-0.2, 0) is 6.42 Å². The first-order valence-corrected chi connectivity index (χ1v) is 7.85. The summed E-state index contributed by atoms with van der Waals surface area (Å²) in [6.07, 6.45) is 3.41. The number of aliphatic hydroxyl groups is 1. The molecule has 0 amide bonds. The summed E-state index contributed by atoms with van der Waals surface area (Å²) in [6.45, 7) is 2.53. The van der Waals surface area contributed by atoms with Crippen LogP contribution < -0.4 is 4.74 Å². The second-order valence-corrected chi connectivity index (χ2v) is 6.24. The molecule has 4 nitrogen and oxygen atoms in total. The molecule has 2 aliphatic heterocycles. The van der Waals surface area contributed by atoms with Gasteiger partial charge in [0.15, 0.2) is 0 Å². The van der Waals surface area contributed by atoms with Gasteiger partial charge in [0, 0.05) is 41.7 Å². The number of ether oxygens (including phenoxy) is 1. The molecule has 1 aromatic carbocycles. The van der Waals surface area contributed by atoms with Crippen LogP contribution in [0.3, 0.4) is 0 Å². The number of aliphatic hydroxyl groups excluding tert-OH is 1. The van der Waals surface area contributed by atoms with Gasteiger partial charge >= 0.3 is 0 Å². The van der Waals surface area contributed by atoms with Crippen molar-refractivity contribution in [2.24, 2.45) is 5.92 Å². The van der Waals surface area contributed by atoms with E-state index in [-0.39, 0.29) is 6.61 Å². The smallest absolute Gasteiger partial charge is 0.120 e. The van der Waals surface area contributed by atoms with Crippen LogP contribution in [0.5, 0.6) is 5.75 Å². The minimum absolute atomic E-state index is 0.277. The Morgan fingerprint density at radius 1 is 1.38 bits per heavy atom. The van der Waals surface area contributed by atoms with Crippen LogP contribution in [0.15, 0.2) is 18.2 Å². The van der Waals surface area contributed by atoms with Crippen molar-refractivity contribution >= 4 is 10.9 Å². The summed E-state index contributed by atoms with van der Waals surface area (Å²) in [6, 6.07) is 6.63. The van der Waals surface area contributed by atoms with Crippen LogP contribution in [0.25, 0.3) is 10.9 Å². The average molecular weight is 286 g/mol. The van der Waals surface area contributed by atoms with E-state index in [1.807, 2.05) is 6.07 Å². The molecule has 1 aromatic heterocycles. The Morgan fingerprint density at radius 2 is 2.29 bits per heavy atom. The molecule has 2 atom stereocenters. The molecule has 1 fully saturated rings. The summed E-state index contributed by atoms with van der Waals surface area (Å²) in [5, 5.41) is 11.1. The van der Waals surface area contributed by atoms with E-state index in [1.165, 1.54) is 23.1 Å². The number of aromatic nitrogens is 1. The maximum atomic E-state index is 9.75. The lowest BCUT2D eigenvalue weighted by Crippen LogP contribution is -2.44. The summed E-state index contributed by atoms with van der Waals surface area (Å²) in [7, 11) is 1.70. The molecule has 21 heavy (non-hydrogen) atoms. The Balaban J connectivity index is 1.85. The lowest BCUT2D eigenvalue weighted by Gasteiger charge is -2.43. The van der Waals surface area contributed by atoms with E-state index >= 15 is 0 Å². The Hall–Kier alpha value is -1.52. The molecule has 4 rings (SSSR count). The summed E-state index contributed by atoms with van der Waals surface area (Å²) >= 11 is 0. The number of H-pyrrole nitrogens is 1. The highest BCUT2D eigenvalue weighted by molar-refractivity contribution is 5.86. The van der Waals surface area contributed by atoms with Crippen molar-refractivity contribution in [3.05, 3.63) is 29.5 Å². The molecular weight excluding hydrogens is 264 g/mol. The van der Waals surface area contributed by atoms with Crippen molar-refractivity contribution in [3.63, 3.8) is 0 Å². The van der Waals surface area contributed by atoms with Gasteiger partial charge in [-0.25, -0.2) is 0 Å². The van der Waals surface area contributed by atoms with Crippen molar-refractivity contribution in [1.29, 1.82) is 0 Å². The molecule has 4 heteroatoms. The summed E-state index contributed by atoms with van der Waals surface area (Å²) in [5.41, 5.74) is 3.92. The summed E-state index contributed by atoms with van der Waals surface area (Å²) in [5.74, 6) is 1.24.